The summed E-state index contributed by atoms with van der Waals surface area (Å²) in [6.45, 7) is 8.84. The van der Waals surface area contributed by atoms with E-state index in [0.29, 0.717) is 22.7 Å². The SMILES string of the molecule is Cc1[nH]c(C(=O)OCC(=O)c2cc(C)n(C3CC3)c2C)c(C)c1[C@@H](C)O. The van der Waals surface area contributed by atoms with Crippen LogP contribution in [-0.2, 0) is 4.74 Å². The number of esters is 1. The lowest BCUT2D eigenvalue weighted by Gasteiger charge is -2.08. The van der Waals surface area contributed by atoms with Crippen LogP contribution < -0.4 is 0 Å². The number of Topliss-reactive ketones (excluding diaryl/α,β-unsaturated/α-hetero) is 1. The molecule has 1 aliphatic carbocycles. The van der Waals surface area contributed by atoms with E-state index in [1.165, 1.54) is 0 Å². The van der Waals surface area contributed by atoms with Gasteiger partial charge in [-0.3, -0.25) is 4.79 Å². The minimum absolute atomic E-state index is 0.199. The molecule has 0 aromatic carbocycles. The van der Waals surface area contributed by atoms with Gasteiger partial charge in [0.1, 0.15) is 5.69 Å². The van der Waals surface area contributed by atoms with Gasteiger partial charge in [0.2, 0.25) is 5.78 Å². The molecule has 0 unspecified atom stereocenters. The van der Waals surface area contributed by atoms with Crippen molar-refractivity contribution >= 4 is 11.8 Å². The number of aromatic nitrogens is 2. The number of nitrogens with one attached hydrogen (secondary N) is 1. The zero-order valence-electron chi connectivity index (χ0n) is 16.0. The van der Waals surface area contributed by atoms with Crippen LogP contribution in [0.15, 0.2) is 6.07 Å². The van der Waals surface area contributed by atoms with E-state index in [9.17, 15) is 14.7 Å². The highest BCUT2D eigenvalue weighted by molar-refractivity contribution is 6.00. The van der Waals surface area contributed by atoms with Crippen LogP contribution >= 0.6 is 0 Å². The third-order valence-electron chi connectivity index (χ3n) is 5.15. The van der Waals surface area contributed by atoms with Gasteiger partial charge in [0.15, 0.2) is 6.61 Å². The molecular formula is C20H26N2O4. The van der Waals surface area contributed by atoms with Crippen molar-refractivity contribution in [2.45, 2.75) is 59.6 Å². The van der Waals surface area contributed by atoms with Gasteiger partial charge in [0, 0.05) is 34.3 Å². The van der Waals surface area contributed by atoms with Gasteiger partial charge < -0.3 is 19.4 Å². The Labute approximate surface area is 153 Å². The number of ether oxygens (including phenoxy) is 1. The van der Waals surface area contributed by atoms with E-state index in [-0.39, 0.29) is 18.1 Å². The minimum atomic E-state index is -0.678. The lowest BCUT2D eigenvalue weighted by molar-refractivity contribution is 0.0468. The van der Waals surface area contributed by atoms with Crippen LogP contribution in [0, 0.1) is 27.7 Å². The lowest BCUT2D eigenvalue weighted by Crippen LogP contribution is -2.16. The molecule has 1 atom stereocenters. The summed E-state index contributed by atoms with van der Waals surface area (Å²) in [5, 5.41) is 9.83. The first kappa shape index (κ1) is 18.5. The Morgan fingerprint density at radius 3 is 2.50 bits per heavy atom. The highest BCUT2D eigenvalue weighted by Gasteiger charge is 2.29. The second-order valence-electron chi connectivity index (χ2n) is 7.22. The number of hydrogen-bond donors (Lipinski definition) is 2. The molecule has 26 heavy (non-hydrogen) atoms. The lowest BCUT2D eigenvalue weighted by atomic mass is 10.1. The molecule has 2 heterocycles. The molecule has 1 fully saturated rings. The van der Waals surface area contributed by atoms with Crippen molar-refractivity contribution < 1.29 is 19.4 Å². The molecule has 0 aliphatic heterocycles. The molecule has 0 bridgehead atoms. The fourth-order valence-electron chi connectivity index (χ4n) is 3.83. The van der Waals surface area contributed by atoms with E-state index in [1.807, 2.05) is 19.9 Å². The number of nitrogens with zero attached hydrogens (tertiary/aromatic N) is 1. The van der Waals surface area contributed by atoms with Crippen LogP contribution in [0.2, 0.25) is 0 Å². The van der Waals surface area contributed by atoms with Crippen LogP contribution in [0.25, 0.3) is 0 Å². The van der Waals surface area contributed by atoms with Gasteiger partial charge in [-0.15, -0.1) is 0 Å². The van der Waals surface area contributed by atoms with E-state index in [0.717, 1.165) is 29.9 Å². The van der Waals surface area contributed by atoms with Crippen molar-refractivity contribution in [3.8, 4) is 0 Å². The number of aliphatic hydroxyl groups excluding tert-OH is 1. The third-order valence-corrected chi connectivity index (χ3v) is 5.15. The maximum Gasteiger partial charge on any atom is 0.355 e. The van der Waals surface area contributed by atoms with Crippen LogP contribution in [0.3, 0.4) is 0 Å². The van der Waals surface area contributed by atoms with Gasteiger partial charge >= 0.3 is 5.97 Å². The number of carbonyl (C=O) groups is 2. The molecule has 0 radical (unpaired) electrons. The topological polar surface area (TPSA) is 84.3 Å². The molecule has 2 aromatic heterocycles. The summed E-state index contributed by atoms with van der Waals surface area (Å²) in [6, 6.07) is 2.38. The number of aromatic amines is 1. The zero-order valence-corrected chi connectivity index (χ0v) is 16.0. The summed E-state index contributed by atoms with van der Waals surface area (Å²) in [5.41, 5.74) is 4.98. The number of carbonyl (C=O) groups excluding carboxylic acids is 2. The van der Waals surface area contributed by atoms with Crippen LogP contribution in [0.5, 0.6) is 0 Å². The van der Waals surface area contributed by atoms with E-state index in [1.54, 1.807) is 20.8 Å². The standard InChI is InChI=1S/C20H26N2O4/c1-10-8-16(13(4)22(10)15-6-7-15)17(24)9-26-20(25)19-11(2)18(14(5)23)12(3)21-19/h8,14-15,21,23H,6-7,9H2,1-5H3/t14-/m1/s1. The van der Waals surface area contributed by atoms with Crippen molar-refractivity contribution in [2.75, 3.05) is 6.61 Å². The van der Waals surface area contributed by atoms with Gasteiger partial charge in [-0.1, -0.05) is 0 Å². The summed E-state index contributed by atoms with van der Waals surface area (Å²) in [5.74, 6) is -0.781. The Morgan fingerprint density at radius 2 is 1.96 bits per heavy atom. The van der Waals surface area contributed by atoms with Gasteiger partial charge in [-0.2, -0.15) is 0 Å². The minimum Gasteiger partial charge on any atom is -0.453 e. The molecule has 2 N–H and O–H groups in total. The molecule has 0 spiro atoms. The first-order valence-corrected chi connectivity index (χ1v) is 8.98. The Balaban J connectivity index is 1.71. The van der Waals surface area contributed by atoms with E-state index >= 15 is 0 Å². The average Bonchev–Trinajstić information content (AvgIpc) is 3.28. The fourth-order valence-corrected chi connectivity index (χ4v) is 3.83. The molecule has 6 nitrogen and oxygen atoms in total. The second-order valence-corrected chi connectivity index (χ2v) is 7.22. The predicted molar refractivity (Wildman–Crippen MR) is 97.7 cm³/mol. The van der Waals surface area contributed by atoms with E-state index in [2.05, 4.69) is 9.55 Å². The smallest absolute Gasteiger partial charge is 0.355 e. The number of aryl methyl sites for hydroxylation is 2. The van der Waals surface area contributed by atoms with Crippen LogP contribution in [0.1, 0.15) is 81.0 Å². The Hall–Kier alpha value is -2.34. The van der Waals surface area contributed by atoms with Crippen LogP contribution in [0.4, 0.5) is 0 Å². The molecule has 2 aromatic rings. The van der Waals surface area contributed by atoms with Crippen molar-refractivity contribution in [1.82, 2.24) is 9.55 Å². The largest absolute Gasteiger partial charge is 0.453 e. The van der Waals surface area contributed by atoms with Crippen LogP contribution in [-0.4, -0.2) is 33.0 Å². The summed E-state index contributed by atoms with van der Waals surface area (Å²) in [7, 11) is 0. The number of hydrogen-bond acceptors (Lipinski definition) is 4. The van der Waals surface area contributed by atoms with Crippen molar-refractivity contribution in [1.29, 1.82) is 0 Å². The number of aliphatic hydroxyl groups is 1. The molecule has 140 valence electrons. The second kappa shape index (κ2) is 6.76. The summed E-state index contributed by atoms with van der Waals surface area (Å²) >= 11 is 0. The molecule has 1 saturated carbocycles. The highest BCUT2D eigenvalue weighted by atomic mass is 16.5. The zero-order chi connectivity index (χ0) is 19.2. The monoisotopic (exact) mass is 358 g/mol. The van der Waals surface area contributed by atoms with Gasteiger partial charge in [-0.25, -0.2) is 4.79 Å². The third kappa shape index (κ3) is 3.21. The molecule has 1 aliphatic rings. The Morgan fingerprint density at radius 1 is 1.31 bits per heavy atom. The quantitative estimate of drug-likeness (QED) is 0.612. The molecule has 0 amide bonds. The highest BCUT2D eigenvalue weighted by Crippen LogP contribution is 2.38. The number of ketones is 1. The normalized spacial score (nSPS) is 15.2. The van der Waals surface area contributed by atoms with Crippen molar-refractivity contribution in [3.05, 3.63) is 45.5 Å². The van der Waals surface area contributed by atoms with Crippen molar-refractivity contribution in [2.24, 2.45) is 0 Å². The van der Waals surface area contributed by atoms with E-state index in [4.69, 9.17) is 4.74 Å². The van der Waals surface area contributed by atoms with Gasteiger partial charge in [0.05, 0.1) is 6.10 Å². The van der Waals surface area contributed by atoms with E-state index < -0.39 is 12.1 Å². The fraction of sp³-hybridized carbons (Fsp3) is 0.500. The Kier molecular flexibility index (Phi) is 4.80. The molecule has 6 heteroatoms. The summed E-state index contributed by atoms with van der Waals surface area (Å²) < 4.78 is 7.44. The summed E-state index contributed by atoms with van der Waals surface area (Å²) in [6.07, 6.45) is 1.62. The summed E-state index contributed by atoms with van der Waals surface area (Å²) in [4.78, 5) is 27.9. The number of H-pyrrole nitrogens is 1. The molecule has 0 saturated heterocycles. The predicted octanol–water partition coefficient (Wildman–Crippen LogP) is 3.48. The first-order chi connectivity index (χ1) is 12.2. The number of rotatable bonds is 6. The average molecular weight is 358 g/mol. The molecule has 3 rings (SSSR count). The first-order valence-electron chi connectivity index (χ1n) is 8.98. The maximum absolute atomic E-state index is 12.5. The maximum atomic E-state index is 12.5. The van der Waals surface area contributed by atoms with Gasteiger partial charge in [0.25, 0.3) is 0 Å². The Bertz CT molecular complexity index is 805. The molecular weight excluding hydrogens is 332 g/mol. The van der Waals surface area contributed by atoms with Crippen molar-refractivity contribution in [3.63, 3.8) is 0 Å². The van der Waals surface area contributed by atoms with Gasteiger partial charge in [-0.05, 0) is 59.1 Å².